The summed E-state index contributed by atoms with van der Waals surface area (Å²) >= 11 is 0. The number of anilines is 2. The van der Waals surface area contributed by atoms with Crippen LogP contribution in [-0.4, -0.2) is 32.1 Å². The van der Waals surface area contributed by atoms with Gasteiger partial charge in [-0.1, -0.05) is 12.1 Å². The standard InChI is InChI=1S/C17H16N2O5/c1-22-13-5-3-2-4-12(13)19-17(21)16(20)18-11-6-7-14-15(10-11)24-9-8-23-14/h2-7,10H,8-9H2,1H3,(H,18,20)(H,19,21). The lowest BCUT2D eigenvalue weighted by Crippen LogP contribution is -2.29. The molecule has 0 fully saturated rings. The van der Waals surface area contributed by atoms with Crippen LogP contribution in [-0.2, 0) is 9.59 Å². The van der Waals surface area contributed by atoms with Crippen molar-refractivity contribution >= 4 is 23.2 Å². The van der Waals surface area contributed by atoms with Crippen LogP contribution in [0, 0.1) is 0 Å². The highest BCUT2D eigenvalue weighted by atomic mass is 16.6. The molecule has 2 aromatic rings. The Morgan fingerprint density at radius 2 is 1.67 bits per heavy atom. The van der Waals surface area contributed by atoms with Gasteiger partial charge in [0.15, 0.2) is 11.5 Å². The van der Waals surface area contributed by atoms with Crippen molar-refractivity contribution in [3.8, 4) is 17.2 Å². The summed E-state index contributed by atoms with van der Waals surface area (Å²) < 4.78 is 16.0. The first-order valence-corrected chi connectivity index (χ1v) is 7.32. The Hall–Kier alpha value is -3.22. The van der Waals surface area contributed by atoms with E-state index in [-0.39, 0.29) is 0 Å². The summed E-state index contributed by atoms with van der Waals surface area (Å²) in [5, 5.41) is 5.03. The zero-order valence-electron chi connectivity index (χ0n) is 13.0. The number of hydrogen-bond acceptors (Lipinski definition) is 5. The van der Waals surface area contributed by atoms with Crippen LogP contribution < -0.4 is 24.8 Å². The first kappa shape index (κ1) is 15.7. The van der Waals surface area contributed by atoms with E-state index in [1.54, 1.807) is 42.5 Å². The van der Waals surface area contributed by atoms with Crippen LogP contribution in [0.2, 0.25) is 0 Å². The second-order valence-corrected chi connectivity index (χ2v) is 4.97. The van der Waals surface area contributed by atoms with Crippen molar-refractivity contribution in [3.63, 3.8) is 0 Å². The molecule has 7 nitrogen and oxygen atoms in total. The van der Waals surface area contributed by atoms with Gasteiger partial charge in [-0.2, -0.15) is 0 Å². The van der Waals surface area contributed by atoms with Gasteiger partial charge in [-0.3, -0.25) is 9.59 Å². The predicted octanol–water partition coefficient (Wildman–Crippen LogP) is 2.04. The van der Waals surface area contributed by atoms with E-state index in [0.717, 1.165) is 0 Å². The van der Waals surface area contributed by atoms with Crippen LogP contribution >= 0.6 is 0 Å². The predicted molar refractivity (Wildman–Crippen MR) is 87.7 cm³/mol. The van der Waals surface area contributed by atoms with Gasteiger partial charge in [0, 0.05) is 11.8 Å². The zero-order chi connectivity index (χ0) is 16.9. The molecule has 2 aromatic carbocycles. The molecule has 24 heavy (non-hydrogen) atoms. The second-order valence-electron chi connectivity index (χ2n) is 4.97. The Kier molecular flexibility index (Phi) is 4.51. The van der Waals surface area contributed by atoms with Gasteiger partial charge in [-0.15, -0.1) is 0 Å². The molecule has 0 unspecified atom stereocenters. The highest BCUT2D eigenvalue weighted by Crippen LogP contribution is 2.32. The first-order chi connectivity index (χ1) is 11.7. The van der Waals surface area contributed by atoms with Gasteiger partial charge in [0.05, 0.1) is 12.8 Å². The Balaban J connectivity index is 1.67. The number of fused-ring (bicyclic) bond motifs is 1. The van der Waals surface area contributed by atoms with Gasteiger partial charge >= 0.3 is 11.8 Å². The number of benzene rings is 2. The van der Waals surface area contributed by atoms with Crippen molar-refractivity contribution < 1.29 is 23.8 Å². The van der Waals surface area contributed by atoms with Gasteiger partial charge in [0.2, 0.25) is 0 Å². The number of nitrogens with one attached hydrogen (secondary N) is 2. The van der Waals surface area contributed by atoms with E-state index in [2.05, 4.69) is 10.6 Å². The molecule has 1 heterocycles. The molecule has 0 aromatic heterocycles. The largest absolute Gasteiger partial charge is 0.495 e. The third-order valence-corrected chi connectivity index (χ3v) is 3.36. The summed E-state index contributed by atoms with van der Waals surface area (Å²) in [6.45, 7) is 0.929. The fraction of sp³-hybridized carbons (Fsp3) is 0.176. The minimum Gasteiger partial charge on any atom is -0.495 e. The maximum Gasteiger partial charge on any atom is 0.314 e. The summed E-state index contributed by atoms with van der Waals surface area (Å²) in [7, 11) is 1.49. The van der Waals surface area contributed by atoms with Crippen molar-refractivity contribution in [3.05, 3.63) is 42.5 Å². The van der Waals surface area contributed by atoms with E-state index in [9.17, 15) is 9.59 Å². The summed E-state index contributed by atoms with van der Waals surface area (Å²) in [6, 6.07) is 11.8. The molecule has 0 bridgehead atoms. The van der Waals surface area contributed by atoms with E-state index in [1.165, 1.54) is 7.11 Å². The number of para-hydroxylation sites is 2. The number of hydrogen-bond donors (Lipinski definition) is 2. The topological polar surface area (TPSA) is 85.9 Å². The molecule has 7 heteroatoms. The molecule has 1 aliphatic heterocycles. The van der Waals surface area contributed by atoms with E-state index in [0.29, 0.717) is 41.8 Å². The lowest BCUT2D eigenvalue weighted by molar-refractivity contribution is -0.133. The van der Waals surface area contributed by atoms with Crippen molar-refractivity contribution in [1.82, 2.24) is 0 Å². The lowest BCUT2D eigenvalue weighted by atomic mass is 10.2. The maximum atomic E-state index is 12.0. The molecule has 2 amide bonds. The normalized spacial score (nSPS) is 12.2. The van der Waals surface area contributed by atoms with Crippen LogP contribution in [0.3, 0.4) is 0 Å². The summed E-state index contributed by atoms with van der Waals surface area (Å²) in [6.07, 6.45) is 0. The molecule has 0 saturated carbocycles. The maximum absolute atomic E-state index is 12.0. The number of methoxy groups -OCH3 is 1. The molecule has 0 atom stereocenters. The first-order valence-electron chi connectivity index (χ1n) is 7.32. The Morgan fingerprint density at radius 1 is 0.958 bits per heavy atom. The highest BCUT2D eigenvalue weighted by Gasteiger charge is 2.18. The van der Waals surface area contributed by atoms with Gasteiger partial charge in [-0.05, 0) is 24.3 Å². The summed E-state index contributed by atoms with van der Waals surface area (Å²) in [5.74, 6) is 0.0202. The van der Waals surface area contributed by atoms with E-state index < -0.39 is 11.8 Å². The molecule has 0 radical (unpaired) electrons. The number of carbonyl (C=O) groups is 2. The van der Waals surface area contributed by atoms with Crippen molar-refractivity contribution in [2.75, 3.05) is 31.0 Å². The fourth-order valence-electron chi connectivity index (χ4n) is 2.24. The number of amides is 2. The number of carbonyl (C=O) groups excluding carboxylic acids is 2. The minimum absolute atomic E-state index is 0.419. The molecule has 1 aliphatic rings. The van der Waals surface area contributed by atoms with E-state index in [4.69, 9.17) is 14.2 Å². The molecule has 2 N–H and O–H groups in total. The Morgan fingerprint density at radius 3 is 2.46 bits per heavy atom. The van der Waals surface area contributed by atoms with Gasteiger partial charge in [0.25, 0.3) is 0 Å². The van der Waals surface area contributed by atoms with E-state index >= 15 is 0 Å². The highest BCUT2D eigenvalue weighted by molar-refractivity contribution is 6.43. The smallest absolute Gasteiger partial charge is 0.314 e. The SMILES string of the molecule is COc1ccccc1NC(=O)C(=O)Nc1ccc2c(c1)OCCO2. The summed E-state index contributed by atoms with van der Waals surface area (Å²) in [4.78, 5) is 24.1. The molecular weight excluding hydrogens is 312 g/mol. The van der Waals surface area contributed by atoms with Crippen molar-refractivity contribution in [2.45, 2.75) is 0 Å². The van der Waals surface area contributed by atoms with Crippen LogP contribution in [0.4, 0.5) is 11.4 Å². The van der Waals surface area contributed by atoms with Crippen LogP contribution in [0.5, 0.6) is 17.2 Å². The average Bonchev–Trinajstić information content (AvgIpc) is 2.62. The monoisotopic (exact) mass is 328 g/mol. The lowest BCUT2D eigenvalue weighted by Gasteiger charge is -2.19. The number of rotatable bonds is 3. The third kappa shape index (κ3) is 3.40. The third-order valence-electron chi connectivity index (χ3n) is 3.36. The van der Waals surface area contributed by atoms with Gasteiger partial charge < -0.3 is 24.8 Å². The van der Waals surface area contributed by atoms with Crippen molar-refractivity contribution in [2.24, 2.45) is 0 Å². The van der Waals surface area contributed by atoms with Gasteiger partial charge in [-0.25, -0.2) is 0 Å². The zero-order valence-corrected chi connectivity index (χ0v) is 13.0. The average molecular weight is 328 g/mol. The fourth-order valence-corrected chi connectivity index (χ4v) is 2.24. The molecule has 3 rings (SSSR count). The van der Waals surface area contributed by atoms with Gasteiger partial charge in [0.1, 0.15) is 19.0 Å². The molecular formula is C17H16N2O5. The minimum atomic E-state index is -0.797. The molecule has 0 spiro atoms. The Bertz CT molecular complexity index is 775. The molecule has 124 valence electrons. The van der Waals surface area contributed by atoms with Crippen LogP contribution in [0.1, 0.15) is 0 Å². The quantitative estimate of drug-likeness (QED) is 0.842. The summed E-state index contributed by atoms with van der Waals surface area (Å²) in [5.41, 5.74) is 0.863. The van der Waals surface area contributed by atoms with Crippen molar-refractivity contribution in [1.29, 1.82) is 0 Å². The van der Waals surface area contributed by atoms with E-state index in [1.807, 2.05) is 0 Å². The second kappa shape index (κ2) is 6.91. The number of ether oxygens (including phenoxy) is 3. The van der Waals surface area contributed by atoms with Crippen LogP contribution in [0.15, 0.2) is 42.5 Å². The Labute approximate surface area is 138 Å². The molecule has 0 aliphatic carbocycles. The molecule has 0 saturated heterocycles. The van der Waals surface area contributed by atoms with Crippen LogP contribution in [0.25, 0.3) is 0 Å².